The van der Waals surface area contributed by atoms with E-state index >= 15 is 4.39 Å². The van der Waals surface area contributed by atoms with Gasteiger partial charge in [-0.3, -0.25) is 9.36 Å². The number of nitrogens with zero attached hydrogens (tertiary/aromatic N) is 3. The summed E-state index contributed by atoms with van der Waals surface area (Å²) in [6.07, 6.45) is -5.42. The first-order valence-electron chi connectivity index (χ1n) is 13.9. The molecule has 1 heterocycles. The van der Waals surface area contributed by atoms with Crippen LogP contribution in [0.25, 0.3) is 16.8 Å². The van der Waals surface area contributed by atoms with Crippen molar-refractivity contribution in [2.75, 3.05) is 11.9 Å². The third-order valence-electron chi connectivity index (χ3n) is 6.63. The molecule has 4 aromatic rings. The number of anilines is 1. The fourth-order valence-electron chi connectivity index (χ4n) is 4.67. The number of hydrogen-bond donors (Lipinski definition) is 2. The molecule has 0 saturated carbocycles. The molecule has 0 bridgehead atoms. The topological polar surface area (TPSA) is 141 Å². The number of carbonyl (C=O) groups excluding carboxylic acids is 2. The Morgan fingerprint density at radius 2 is 1.74 bits per heavy atom. The Labute approximate surface area is 260 Å². The molecule has 0 unspecified atom stereocenters. The average Bonchev–Trinajstić information content (AvgIpc) is 3.27. The van der Waals surface area contributed by atoms with Crippen molar-refractivity contribution in [2.45, 2.75) is 51.2 Å². The lowest BCUT2D eigenvalue weighted by molar-refractivity contribution is -0.137. The Balaban J connectivity index is 1.76. The van der Waals surface area contributed by atoms with Crippen LogP contribution in [-0.2, 0) is 38.7 Å². The highest BCUT2D eigenvalue weighted by atomic mass is 32.2. The third-order valence-corrected chi connectivity index (χ3v) is 8.00. The van der Waals surface area contributed by atoms with Crippen LogP contribution in [-0.4, -0.2) is 41.4 Å². The van der Waals surface area contributed by atoms with Gasteiger partial charge in [-0.25, -0.2) is 27.1 Å². The van der Waals surface area contributed by atoms with Crippen molar-refractivity contribution in [1.82, 2.24) is 19.1 Å². The summed E-state index contributed by atoms with van der Waals surface area (Å²) >= 11 is 0. The van der Waals surface area contributed by atoms with Crippen molar-refractivity contribution < 1.29 is 40.3 Å². The first-order chi connectivity index (χ1) is 21.7. The Kier molecular flexibility index (Phi) is 9.99. The summed E-state index contributed by atoms with van der Waals surface area (Å²) in [6.45, 7) is 3.97. The molecule has 2 N–H and O–H groups in total. The van der Waals surface area contributed by atoms with Gasteiger partial charge in [-0.2, -0.15) is 17.9 Å². The maximum absolute atomic E-state index is 15.6. The molecule has 0 aliphatic rings. The lowest BCUT2D eigenvalue weighted by atomic mass is 10.0. The van der Waals surface area contributed by atoms with Crippen LogP contribution in [0.3, 0.4) is 0 Å². The molecule has 0 atom stereocenters. The predicted octanol–water partition coefficient (Wildman–Crippen LogP) is 5.25. The van der Waals surface area contributed by atoms with E-state index in [9.17, 15) is 36.0 Å². The van der Waals surface area contributed by atoms with Gasteiger partial charge in [0.15, 0.2) is 0 Å². The van der Waals surface area contributed by atoms with E-state index in [2.05, 4.69) is 15.2 Å². The van der Waals surface area contributed by atoms with Gasteiger partial charge in [0.25, 0.3) is 10.0 Å². The molecule has 3 aromatic carbocycles. The quantitative estimate of drug-likeness (QED) is 0.221. The fourth-order valence-corrected chi connectivity index (χ4v) is 5.79. The number of benzene rings is 3. The Bertz CT molecular complexity index is 1950. The minimum atomic E-state index is -4.87. The highest BCUT2D eigenvalue weighted by Crippen LogP contribution is 2.35. The number of halogens is 4. The normalized spacial score (nSPS) is 11.7. The summed E-state index contributed by atoms with van der Waals surface area (Å²) in [5.74, 6) is -1.28. The van der Waals surface area contributed by atoms with Crippen LogP contribution < -0.4 is 15.7 Å². The molecular formula is C30H29F4N5O6S. The van der Waals surface area contributed by atoms with Gasteiger partial charge in [0, 0.05) is 30.2 Å². The molecule has 16 heteroatoms. The van der Waals surface area contributed by atoms with E-state index in [0.717, 1.165) is 28.8 Å². The zero-order chi connectivity index (χ0) is 33.8. The van der Waals surface area contributed by atoms with Crippen molar-refractivity contribution in [2.24, 2.45) is 0 Å². The largest absolute Gasteiger partial charge is 0.449 e. The number of aromatic nitrogens is 3. The first-order valence-corrected chi connectivity index (χ1v) is 15.4. The van der Waals surface area contributed by atoms with Gasteiger partial charge in [0.1, 0.15) is 11.6 Å². The second kappa shape index (κ2) is 13.6. The van der Waals surface area contributed by atoms with Crippen molar-refractivity contribution in [3.63, 3.8) is 0 Å². The highest BCUT2D eigenvalue weighted by Gasteiger charge is 2.35. The van der Waals surface area contributed by atoms with Gasteiger partial charge in [0.05, 0.1) is 29.3 Å². The Morgan fingerprint density at radius 3 is 2.37 bits per heavy atom. The summed E-state index contributed by atoms with van der Waals surface area (Å²) in [4.78, 5) is 36.5. The number of nitrogens with one attached hydrogen (secondary N) is 2. The summed E-state index contributed by atoms with van der Waals surface area (Å²) in [5, 5.41) is 6.53. The van der Waals surface area contributed by atoms with Gasteiger partial charge < -0.3 is 10.1 Å². The number of rotatable bonds is 10. The van der Waals surface area contributed by atoms with Crippen molar-refractivity contribution in [3.8, 4) is 16.8 Å². The molecule has 0 saturated heterocycles. The molecule has 0 aliphatic carbocycles. The van der Waals surface area contributed by atoms with Crippen molar-refractivity contribution in [3.05, 3.63) is 93.9 Å². The zero-order valence-electron chi connectivity index (χ0n) is 24.8. The number of alkyl halides is 3. The number of hydrogen-bond acceptors (Lipinski definition) is 7. The minimum Gasteiger partial charge on any atom is -0.449 e. The summed E-state index contributed by atoms with van der Waals surface area (Å²) in [7, 11) is -4.40. The van der Waals surface area contributed by atoms with Crippen molar-refractivity contribution in [1.29, 1.82) is 0 Å². The molecule has 0 radical (unpaired) electrons. The standard InChI is InChI=1S/C30H29F4N5O6S/c1-4-8-27-36-39(25-16-21(35-18(3)40)13-14-23(25)30(32,33)34)29(42)38(27)17-20-12-11-19(15-24(20)31)22-9-6-7-10-26(22)46(43,44)37-28(41)45-5-2/h6-7,9-16H,4-5,8,17H2,1-3H3,(H,35,40)(H,37,41). The second-order valence-corrected chi connectivity index (χ2v) is 11.6. The molecule has 1 aromatic heterocycles. The first kappa shape index (κ1) is 33.9. The van der Waals surface area contributed by atoms with Crippen LogP contribution in [0.5, 0.6) is 0 Å². The number of carbonyl (C=O) groups is 2. The van der Waals surface area contributed by atoms with Gasteiger partial charge in [-0.1, -0.05) is 37.3 Å². The Morgan fingerprint density at radius 1 is 1.02 bits per heavy atom. The minimum absolute atomic E-state index is 0.00961. The van der Waals surface area contributed by atoms with Crippen molar-refractivity contribution >= 4 is 27.7 Å². The lowest BCUT2D eigenvalue weighted by Crippen LogP contribution is -2.31. The number of ether oxygens (including phenoxy) is 1. The van der Waals surface area contributed by atoms with E-state index in [1.807, 2.05) is 0 Å². The van der Waals surface area contributed by atoms with Gasteiger partial charge in [-0.15, -0.1) is 5.10 Å². The summed E-state index contributed by atoms with van der Waals surface area (Å²) in [6, 6.07) is 12.1. The molecule has 0 spiro atoms. The monoisotopic (exact) mass is 663 g/mol. The number of aryl methyl sites for hydroxylation is 1. The molecule has 11 nitrogen and oxygen atoms in total. The smallest absolute Gasteiger partial charge is 0.421 e. The van der Waals surface area contributed by atoms with Crippen LogP contribution in [0.15, 0.2) is 70.4 Å². The number of sulfonamides is 1. The van der Waals surface area contributed by atoms with E-state index in [1.165, 1.54) is 50.2 Å². The molecular weight excluding hydrogens is 634 g/mol. The van der Waals surface area contributed by atoms with Crippen LogP contribution >= 0.6 is 0 Å². The molecule has 46 heavy (non-hydrogen) atoms. The SMILES string of the molecule is CCCc1nn(-c2cc(NC(C)=O)ccc2C(F)(F)F)c(=O)n1Cc1ccc(-c2ccccc2S(=O)(=O)NC(=O)OCC)cc1F. The maximum Gasteiger partial charge on any atom is 0.421 e. The van der Waals surface area contributed by atoms with E-state index in [1.54, 1.807) is 11.6 Å². The van der Waals surface area contributed by atoms with E-state index in [-0.39, 0.29) is 46.1 Å². The molecule has 2 amide bonds. The molecule has 244 valence electrons. The third kappa shape index (κ3) is 7.44. The highest BCUT2D eigenvalue weighted by molar-refractivity contribution is 7.90. The molecule has 4 rings (SSSR count). The van der Waals surface area contributed by atoms with Gasteiger partial charge in [0.2, 0.25) is 5.91 Å². The van der Waals surface area contributed by atoms with Crippen LogP contribution in [0.1, 0.15) is 44.1 Å². The molecule has 0 aliphatic heterocycles. The van der Waals surface area contributed by atoms with Crippen LogP contribution in [0.2, 0.25) is 0 Å². The lowest BCUT2D eigenvalue weighted by Gasteiger charge is -2.14. The average molecular weight is 664 g/mol. The van der Waals surface area contributed by atoms with Gasteiger partial charge >= 0.3 is 18.0 Å². The summed E-state index contributed by atoms with van der Waals surface area (Å²) < 4.78 is 91.2. The van der Waals surface area contributed by atoms with Crippen LogP contribution in [0, 0.1) is 5.82 Å². The Hall–Kier alpha value is -4.99. The van der Waals surface area contributed by atoms with Gasteiger partial charge in [-0.05, 0) is 49.2 Å². The summed E-state index contributed by atoms with van der Waals surface area (Å²) in [5.41, 5.74) is -2.58. The number of amides is 2. The fraction of sp³-hybridized carbons (Fsp3) is 0.267. The van der Waals surface area contributed by atoms with Crippen LogP contribution in [0.4, 0.5) is 28.0 Å². The van der Waals surface area contributed by atoms with E-state index < -0.39 is 57.5 Å². The van der Waals surface area contributed by atoms with E-state index in [4.69, 9.17) is 0 Å². The predicted molar refractivity (Wildman–Crippen MR) is 159 cm³/mol. The molecule has 0 fully saturated rings. The maximum atomic E-state index is 15.6. The van der Waals surface area contributed by atoms with E-state index in [0.29, 0.717) is 11.1 Å². The zero-order valence-corrected chi connectivity index (χ0v) is 25.6. The second-order valence-electron chi connectivity index (χ2n) is 9.99.